The average molecular weight is 515 g/mol. The van der Waals surface area contributed by atoms with E-state index in [0.717, 1.165) is 12.8 Å². The first-order valence-corrected chi connectivity index (χ1v) is 14.4. The van der Waals surface area contributed by atoms with E-state index in [1.54, 1.807) is 0 Å². The summed E-state index contributed by atoms with van der Waals surface area (Å²) in [6.45, 7) is 2.78. The number of carbonyl (C=O) groups excluding carboxylic acids is 1. The summed E-state index contributed by atoms with van der Waals surface area (Å²) in [7, 11) is 4.32. The van der Waals surface area contributed by atoms with Crippen LogP contribution in [0.3, 0.4) is 0 Å². The number of rotatable bonds is 22. The smallest absolute Gasteiger partial charge is 0.454 e. The number of hydrogen-bond acceptors (Lipinski definition) is 2. The Hall–Kier alpha value is -1.56. The van der Waals surface area contributed by atoms with Gasteiger partial charge in [-0.1, -0.05) is 96.8 Å². The van der Waals surface area contributed by atoms with Gasteiger partial charge in [-0.05, 0) is 37.1 Å². The van der Waals surface area contributed by atoms with Gasteiger partial charge < -0.3 is 9.64 Å². The van der Waals surface area contributed by atoms with E-state index in [-0.39, 0.29) is 5.56 Å². The van der Waals surface area contributed by atoms with Crippen molar-refractivity contribution < 1.29 is 27.6 Å². The lowest BCUT2D eigenvalue weighted by Gasteiger charge is -2.21. The minimum atomic E-state index is -4.85. The van der Waals surface area contributed by atoms with Crippen LogP contribution in [0, 0.1) is 0 Å². The maximum absolute atomic E-state index is 12.5. The quantitative estimate of drug-likeness (QED) is 0.126. The first-order chi connectivity index (χ1) is 17.3. The van der Waals surface area contributed by atoms with Gasteiger partial charge in [-0.2, -0.15) is 13.2 Å². The molecule has 0 aliphatic carbocycles. The zero-order valence-corrected chi connectivity index (χ0v) is 23.1. The predicted octanol–water partition coefficient (Wildman–Crippen LogP) is 7.98. The molecule has 0 saturated heterocycles. The molecule has 0 aromatic heterocycles. The zero-order valence-electron chi connectivity index (χ0n) is 23.1. The third-order valence-electron chi connectivity index (χ3n) is 7.08. The van der Waals surface area contributed by atoms with Crippen LogP contribution in [0.25, 0.3) is 0 Å². The lowest BCUT2D eigenvalue weighted by molar-refractivity contribution is -0.886. The van der Waals surface area contributed by atoms with Crippen LogP contribution in [0.5, 0.6) is 5.75 Å². The van der Waals surface area contributed by atoms with Crippen molar-refractivity contribution in [3.05, 3.63) is 29.8 Å². The Morgan fingerprint density at radius 1 is 0.750 bits per heavy atom. The third-order valence-corrected chi connectivity index (χ3v) is 7.08. The molecule has 1 N–H and O–H groups in total. The van der Waals surface area contributed by atoms with Crippen molar-refractivity contribution in [3.8, 4) is 5.75 Å². The molecule has 0 bridgehead atoms. The fourth-order valence-corrected chi connectivity index (χ4v) is 4.67. The van der Waals surface area contributed by atoms with Gasteiger partial charge in [0.15, 0.2) is 0 Å². The Labute approximate surface area is 218 Å². The number of quaternary nitrogens is 1. The molecule has 6 heteroatoms. The van der Waals surface area contributed by atoms with Crippen molar-refractivity contribution in [2.45, 2.75) is 128 Å². The highest BCUT2D eigenvalue weighted by Crippen LogP contribution is 2.23. The molecule has 0 amide bonds. The number of unbranched alkanes of at least 4 members (excludes halogenated alkanes) is 14. The summed E-state index contributed by atoms with van der Waals surface area (Å²) >= 11 is 0. The Bertz CT molecular complexity index is 674. The molecular formula is C30H51F3NO2+. The topological polar surface area (TPSA) is 30.7 Å². The summed E-state index contributed by atoms with van der Waals surface area (Å²) in [6, 6.07) is 5.72. The van der Waals surface area contributed by atoms with E-state index in [1.807, 2.05) is 0 Å². The summed E-state index contributed by atoms with van der Waals surface area (Å²) in [4.78, 5) is 12.7. The van der Waals surface area contributed by atoms with E-state index in [4.69, 9.17) is 4.74 Å². The number of nitrogens with one attached hydrogen (secondary N) is 1. The summed E-state index contributed by atoms with van der Waals surface area (Å²) in [6.07, 6.45) is 17.7. The number of halogens is 3. The van der Waals surface area contributed by atoms with Gasteiger partial charge in [0, 0.05) is 12.0 Å². The Balaban J connectivity index is 2.07. The number of carbonyl (C=O) groups is 1. The molecule has 208 valence electrons. The van der Waals surface area contributed by atoms with Crippen molar-refractivity contribution in [1.29, 1.82) is 0 Å². The zero-order chi connectivity index (χ0) is 26.7. The molecule has 0 heterocycles. The van der Waals surface area contributed by atoms with Gasteiger partial charge in [0.1, 0.15) is 5.75 Å². The fourth-order valence-electron chi connectivity index (χ4n) is 4.67. The third kappa shape index (κ3) is 15.5. The minimum absolute atomic E-state index is 0.362. The van der Waals surface area contributed by atoms with Gasteiger partial charge in [0.05, 0.1) is 26.7 Å². The molecule has 0 radical (unpaired) electrons. The van der Waals surface area contributed by atoms with Gasteiger partial charge in [-0.3, -0.25) is 4.79 Å². The molecule has 1 rings (SSSR count). The largest absolute Gasteiger partial charge is 0.493 e. The second kappa shape index (κ2) is 19.5. The van der Waals surface area contributed by atoms with E-state index in [2.05, 4.69) is 21.0 Å². The second-order valence-electron chi connectivity index (χ2n) is 10.5. The molecule has 0 aliphatic rings. The lowest BCUT2D eigenvalue weighted by Crippen LogP contribution is -3.10. The number of ketones is 1. The number of Topliss-reactive ketones (excluding diaryl/α,β-unsaturated/α-hetero) is 1. The van der Waals surface area contributed by atoms with E-state index < -0.39 is 12.0 Å². The fraction of sp³-hybridized carbons (Fsp3) is 0.767. The average Bonchev–Trinajstić information content (AvgIpc) is 2.84. The van der Waals surface area contributed by atoms with Crippen LogP contribution in [0.1, 0.15) is 126 Å². The van der Waals surface area contributed by atoms with Crippen molar-refractivity contribution >= 4 is 5.78 Å². The van der Waals surface area contributed by atoms with Gasteiger partial charge in [0.25, 0.3) is 5.78 Å². The molecule has 0 saturated carbocycles. The number of benzene rings is 1. The molecular weight excluding hydrogens is 463 g/mol. The monoisotopic (exact) mass is 514 g/mol. The number of hydrogen-bond donors (Lipinski definition) is 1. The normalized spacial score (nSPS) is 12.8. The summed E-state index contributed by atoms with van der Waals surface area (Å²) < 4.78 is 43.3. The van der Waals surface area contributed by atoms with E-state index in [0.29, 0.717) is 18.4 Å². The highest BCUT2D eigenvalue weighted by molar-refractivity contribution is 6.00. The number of alkyl halides is 3. The van der Waals surface area contributed by atoms with Crippen LogP contribution in [0.15, 0.2) is 24.3 Å². The maximum atomic E-state index is 12.5. The summed E-state index contributed by atoms with van der Waals surface area (Å²) in [5.74, 6) is -1.33. The SMILES string of the molecule is CCCCCCCCCCCCCCCCCC(CCOc1ccc(C(=O)C(F)(F)F)cc1)[NH+](C)C. The minimum Gasteiger partial charge on any atom is -0.493 e. The molecule has 3 nitrogen and oxygen atoms in total. The predicted molar refractivity (Wildman–Crippen MR) is 143 cm³/mol. The molecule has 36 heavy (non-hydrogen) atoms. The molecule has 0 fully saturated rings. The van der Waals surface area contributed by atoms with Crippen LogP contribution >= 0.6 is 0 Å². The molecule has 1 unspecified atom stereocenters. The Morgan fingerprint density at radius 2 is 1.19 bits per heavy atom. The van der Waals surface area contributed by atoms with Crippen LogP contribution < -0.4 is 9.64 Å². The van der Waals surface area contributed by atoms with Crippen molar-refractivity contribution in [3.63, 3.8) is 0 Å². The van der Waals surface area contributed by atoms with E-state index >= 15 is 0 Å². The van der Waals surface area contributed by atoms with Crippen molar-refractivity contribution in [2.75, 3.05) is 20.7 Å². The van der Waals surface area contributed by atoms with Gasteiger partial charge in [-0.15, -0.1) is 0 Å². The molecule has 1 aromatic rings. The Kier molecular flexibility index (Phi) is 17.6. The van der Waals surface area contributed by atoms with Crippen LogP contribution in [0.4, 0.5) is 13.2 Å². The molecule has 1 aromatic carbocycles. The van der Waals surface area contributed by atoms with Crippen molar-refractivity contribution in [2.24, 2.45) is 0 Å². The van der Waals surface area contributed by atoms with Gasteiger partial charge in [0.2, 0.25) is 0 Å². The highest BCUT2D eigenvalue weighted by Gasteiger charge is 2.39. The molecule has 0 spiro atoms. The van der Waals surface area contributed by atoms with Gasteiger partial charge >= 0.3 is 6.18 Å². The van der Waals surface area contributed by atoms with E-state index in [1.165, 1.54) is 125 Å². The Morgan fingerprint density at radius 3 is 1.61 bits per heavy atom. The van der Waals surface area contributed by atoms with Crippen molar-refractivity contribution in [1.82, 2.24) is 0 Å². The highest BCUT2D eigenvalue weighted by atomic mass is 19.4. The van der Waals surface area contributed by atoms with Crippen LogP contribution in [0.2, 0.25) is 0 Å². The summed E-state index contributed by atoms with van der Waals surface area (Å²) in [5.41, 5.74) is -0.362. The summed E-state index contributed by atoms with van der Waals surface area (Å²) in [5, 5.41) is 0. The molecule has 0 aliphatic heterocycles. The standard InChI is InChI=1S/C30H50F3NO2/c1-4-5-6-7-8-9-10-11-12-13-14-15-16-17-18-19-27(34(2)3)24-25-36-28-22-20-26(21-23-28)29(35)30(31,32)33/h20-23,27H,4-19,24-25H2,1-3H3/p+1. The van der Waals surface area contributed by atoms with Crippen LogP contribution in [-0.4, -0.2) is 38.7 Å². The first kappa shape index (κ1) is 32.5. The molecule has 1 atom stereocenters. The maximum Gasteiger partial charge on any atom is 0.454 e. The number of ether oxygens (including phenoxy) is 1. The lowest BCUT2D eigenvalue weighted by atomic mass is 10.0. The van der Waals surface area contributed by atoms with E-state index in [9.17, 15) is 18.0 Å². The van der Waals surface area contributed by atoms with Crippen LogP contribution in [-0.2, 0) is 0 Å². The van der Waals surface area contributed by atoms with Gasteiger partial charge in [-0.25, -0.2) is 0 Å². The second-order valence-corrected chi connectivity index (χ2v) is 10.5. The first-order valence-electron chi connectivity index (χ1n) is 14.4.